The number of nitrogens with zero attached hydrogens (tertiary/aromatic N) is 2. The van der Waals surface area contributed by atoms with Crippen LogP contribution in [-0.4, -0.2) is 30.9 Å². The van der Waals surface area contributed by atoms with Crippen molar-refractivity contribution in [3.8, 4) is 0 Å². The second kappa shape index (κ2) is 8.14. The van der Waals surface area contributed by atoms with Gasteiger partial charge < -0.3 is 4.90 Å². The van der Waals surface area contributed by atoms with Crippen molar-refractivity contribution < 1.29 is 14.4 Å². The number of imide groups is 2. The van der Waals surface area contributed by atoms with Gasteiger partial charge in [0.15, 0.2) is 0 Å². The van der Waals surface area contributed by atoms with Gasteiger partial charge in [-0.15, -0.1) is 0 Å². The number of nitrogens with one attached hydrogen (secondary N) is 1. The molecule has 4 amide bonds. The first-order chi connectivity index (χ1) is 14.4. The summed E-state index contributed by atoms with van der Waals surface area (Å²) in [5.41, 5.74) is 4.14. The maximum Gasteiger partial charge on any atom is 0.335 e. The van der Waals surface area contributed by atoms with Crippen molar-refractivity contribution in [1.29, 1.82) is 0 Å². The number of rotatable bonds is 3. The van der Waals surface area contributed by atoms with E-state index in [2.05, 4.69) is 10.2 Å². The van der Waals surface area contributed by atoms with Crippen LogP contribution in [-0.2, 0) is 9.59 Å². The highest BCUT2D eigenvalue weighted by atomic mass is 16.2. The molecule has 0 unspecified atom stereocenters. The standard InChI is InChI=1S/C24H25N3O3/c1-16-12-17(2)14-20(13-16)27-23(29)21(22(28)25-24(27)30)15-18-6-8-19(9-7-18)26-10-4-3-5-11-26/h6-9,12-15H,3-5,10-11H2,1-2H3,(H,25,28,30)/b21-15+. The molecule has 6 heteroatoms. The second-order valence-electron chi connectivity index (χ2n) is 7.94. The van der Waals surface area contributed by atoms with Crippen molar-refractivity contribution in [3.05, 3.63) is 64.7 Å². The van der Waals surface area contributed by atoms with E-state index in [4.69, 9.17) is 0 Å². The van der Waals surface area contributed by atoms with Crippen molar-refractivity contribution in [3.63, 3.8) is 0 Å². The molecule has 2 aromatic rings. The lowest BCUT2D eigenvalue weighted by Gasteiger charge is -2.29. The van der Waals surface area contributed by atoms with Crippen molar-refractivity contribution in [2.24, 2.45) is 0 Å². The minimum atomic E-state index is -0.729. The Morgan fingerprint density at radius 2 is 1.47 bits per heavy atom. The molecule has 0 aromatic heterocycles. The first kappa shape index (κ1) is 19.9. The Kier molecular flexibility index (Phi) is 5.40. The van der Waals surface area contributed by atoms with Crippen LogP contribution in [0.5, 0.6) is 0 Å². The molecule has 0 radical (unpaired) electrons. The lowest BCUT2D eigenvalue weighted by Crippen LogP contribution is -2.54. The molecule has 0 spiro atoms. The molecule has 4 rings (SSSR count). The van der Waals surface area contributed by atoms with Crippen LogP contribution >= 0.6 is 0 Å². The fraction of sp³-hybridized carbons (Fsp3) is 0.292. The summed E-state index contributed by atoms with van der Waals surface area (Å²) < 4.78 is 0. The average Bonchev–Trinajstić information content (AvgIpc) is 2.71. The quantitative estimate of drug-likeness (QED) is 0.622. The van der Waals surface area contributed by atoms with E-state index in [9.17, 15) is 14.4 Å². The number of carbonyl (C=O) groups excluding carboxylic acids is 3. The maximum atomic E-state index is 13.1. The highest BCUT2D eigenvalue weighted by molar-refractivity contribution is 6.39. The predicted octanol–water partition coefficient (Wildman–Crippen LogP) is 3.96. The molecule has 2 aliphatic heterocycles. The van der Waals surface area contributed by atoms with E-state index < -0.39 is 17.8 Å². The van der Waals surface area contributed by atoms with Gasteiger partial charge in [-0.05, 0) is 80.1 Å². The van der Waals surface area contributed by atoms with Gasteiger partial charge >= 0.3 is 6.03 Å². The zero-order valence-electron chi connectivity index (χ0n) is 17.3. The van der Waals surface area contributed by atoms with E-state index in [1.165, 1.54) is 19.3 Å². The number of carbonyl (C=O) groups is 3. The number of aryl methyl sites for hydroxylation is 2. The first-order valence-electron chi connectivity index (χ1n) is 10.3. The first-order valence-corrected chi connectivity index (χ1v) is 10.3. The van der Waals surface area contributed by atoms with Crippen molar-refractivity contribution in [2.45, 2.75) is 33.1 Å². The number of anilines is 2. The molecule has 6 nitrogen and oxygen atoms in total. The fourth-order valence-electron chi connectivity index (χ4n) is 4.07. The number of hydrogen-bond donors (Lipinski definition) is 1. The Bertz CT molecular complexity index is 1010. The number of piperidine rings is 1. The normalized spacial score (nSPS) is 18.7. The molecule has 0 aliphatic carbocycles. The summed E-state index contributed by atoms with van der Waals surface area (Å²) >= 11 is 0. The highest BCUT2D eigenvalue weighted by Crippen LogP contribution is 2.25. The minimum absolute atomic E-state index is 0.0560. The van der Waals surface area contributed by atoms with E-state index in [0.717, 1.165) is 40.4 Å². The van der Waals surface area contributed by atoms with E-state index in [0.29, 0.717) is 5.69 Å². The number of barbiturate groups is 1. The Morgan fingerprint density at radius 3 is 2.10 bits per heavy atom. The lowest BCUT2D eigenvalue weighted by atomic mass is 10.0. The van der Waals surface area contributed by atoms with Crippen LogP contribution < -0.4 is 15.1 Å². The fourth-order valence-corrected chi connectivity index (χ4v) is 4.07. The zero-order chi connectivity index (χ0) is 21.3. The highest BCUT2D eigenvalue weighted by Gasteiger charge is 2.36. The zero-order valence-corrected chi connectivity index (χ0v) is 17.3. The summed E-state index contributed by atoms with van der Waals surface area (Å²) in [6.45, 7) is 5.89. The van der Waals surface area contributed by atoms with E-state index in [-0.39, 0.29) is 5.57 Å². The van der Waals surface area contributed by atoms with E-state index >= 15 is 0 Å². The average molecular weight is 403 g/mol. The third-order valence-corrected chi connectivity index (χ3v) is 5.49. The molecule has 2 aromatic carbocycles. The van der Waals surface area contributed by atoms with Gasteiger partial charge in [-0.2, -0.15) is 0 Å². The summed E-state index contributed by atoms with van der Waals surface area (Å²) in [5, 5.41) is 2.28. The van der Waals surface area contributed by atoms with Gasteiger partial charge in [0.2, 0.25) is 0 Å². The summed E-state index contributed by atoms with van der Waals surface area (Å²) in [6, 6.07) is 12.6. The van der Waals surface area contributed by atoms with Crippen LogP contribution in [0.3, 0.4) is 0 Å². The summed E-state index contributed by atoms with van der Waals surface area (Å²) in [4.78, 5) is 41.2. The molecule has 0 saturated carbocycles. The van der Waals surface area contributed by atoms with Crippen LogP contribution in [0, 0.1) is 13.8 Å². The van der Waals surface area contributed by atoms with Gasteiger partial charge in [-0.25, -0.2) is 9.69 Å². The summed E-state index contributed by atoms with van der Waals surface area (Å²) in [5.74, 6) is -1.29. The molecular formula is C24H25N3O3. The van der Waals surface area contributed by atoms with Crippen molar-refractivity contribution in [1.82, 2.24) is 5.32 Å². The molecular weight excluding hydrogens is 378 g/mol. The number of urea groups is 1. The molecule has 30 heavy (non-hydrogen) atoms. The molecule has 1 N–H and O–H groups in total. The molecule has 2 fully saturated rings. The number of amides is 4. The monoisotopic (exact) mass is 403 g/mol. The summed E-state index contributed by atoms with van der Waals surface area (Å²) in [6.07, 6.45) is 5.21. The smallest absolute Gasteiger partial charge is 0.335 e. The predicted molar refractivity (Wildman–Crippen MR) is 117 cm³/mol. The van der Waals surface area contributed by atoms with E-state index in [1.54, 1.807) is 18.2 Å². The molecule has 2 saturated heterocycles. The van der Waals surface area contributed by atoms with Crippen LogP contribution in [0.15, 0.2) is 48.0 Å². The lowest BCUT2D eigenvalue weighted by molar-refractivity contribution is -0.122. The molecule has 2 heterocycles. The third kappa shape index (κ3) is 3.99. The van der Waals surface area contributed by atoms with Gasteiger partial charge in [0.05, 0.1) is 5.69 Å². The van der Waals surface area contributed by atoms with Gasteiger partial charge in [0.25, 0.3) is 11.8 Å². The SMILES string of the molecule is Cc1cc(C)cc(N2C(=O)NC(=O)/C(=C\c3ccc(N4CCCCC4)cc3)C2=O)c1. The van der Waals surface area contributed by atoms with Gasteiger partial charge in [-0.3, -0.25) is 14.9 Å². The second-order valence-corrected chi connectivity index (χ2v) is 7.94. The van der Waals surface area contributed by atoms with Crippen LogP contribution in [0.25, 0.3) is 6.08 Å². The topological polar surface area (TPSA) is 69.7 Å². The number of benzene rings is 2. The van der Waals surface area contributed by atoms with Crippen molar-refractivity contribution >= 4 is 35.3 Å². The Morgan fingerprint density at radius 1 is 0.833 bits per heavy atom. The van der Waals surface area contributed by atoms with Crippen LogP contribution in [0.2, 0.25) is 0 Å². The Labute approximate surface area is 176 Å². The van der Waals surface area contributed by atoms with Crippen LogP contribution in [0.1, 0.15) is 36.0 Å². The van der Waals surface area contributed by atoms with Crippen molar-refractivity contribution in [2.75, 3.05) is 22.9 Å². The number of hydrogen-bond acceptors (Lipinski definition) is 4. The molecule has 0 bridgehead atoms. The maximum absolute atomic E-state index is 13.1. The van der Waals surface area contributed by atoms with Gasteiger partial charge in [0, 0.05) is 18.8 Å². The largest absolute Gasteiger partial charge is 0.372 e. The molecule has 0 atom stereocenters. The molecule has 2 aliphatic rings. The summed E-state index contributed by atoms with van der Waals surface area (Å²) in [7, 11) is 0. The Hall–Kier alpha value is -3.41. The third-order valence-electron chi connectivity index (χ3n) is 5.49. The van der Waals surface area contributed by atoms with E-state index in [1.807, 2.05) is 44.2 Å². The van der Waals surface area contributed by atoms with Crippen LogP contribution in [0.4, 0.5) is 16.2 Å². The van der Waals surface area contributed by atoms with Gasteiger partial charge in [-0.1, -0.05) is 18.2 Å². The molecule has 154 valence electrons. The van der Waals surface area contributed by atoms with Gasteiger partial charge in [0.1, 0.15) is 5.57 Å². The minimum Gasteiger partial charge on any atom is -0.372 e. The Balaban J connectivity index is 1.62.